The lowest BCUT2D eigenvalue weighted by molar-refractivity contribution is -0.117. The molecule has 2 aromatic carbocycles. The SMILES string of the molecule is CC(C)C[C@H](N)C(=O)Nc1ccc2[nH]c3ccccc3c(=O)c2c1. The quantitative estimate of drug-likeness (QED) is 0.645. The number of pyridine rings is 1. The molecule has 0 saturated carbocycles. The molecule has 1 atom stereocenters. The Hall–Kier alpha value is -2.66. The number of nitrogens with one attached hydrogen (secondary N) is 2. The van der Waals surface area contributed by atoms with Gasteiger partial charge in [-0.15, -0.1) is 0 Å². The van der Waals surface area contributed by atoms with E-state index < -0.39 is 6.04 Å². The first-order valence-corrected chi connectivity index (χ1v) is 8.07. The van der Waals surface area contributed by atoms with E-state index in [2.05, 4.69) is 10.3 Å². The average Bonchev–Trinajstić information content (AvgIpc) is 2.55. The largest absolute Gasteiger partial charge is 0.354 e. The van der Waals surface area contributed by atoms with Crippen LogP contribution in [-0.2, 0) is 4.79 Å². The van der Waals surface area contributed by atoms with Crippen LogP contribution in [0.5, 0.6) is 0 Å². The number of aromatic amines is 1. The van der Waals surface area contributed by atoms with Crippen molar-refractivity contribution in [2.24, 2.45) is 11.7 Å². The van der Waals surface area contributed by atoms with Gasteiger partial charge in [-0.25, -0.2) is 0 Å². The number of amides is 1. The molecule has 1 heterocycles. The minimum atomic E-state index is -0.560. The number of anilines is 1. The minimum absolute atomic E-state index is 0.0538. The standard InChI is InChI=1S/C19H21N3O2/c1-11(2)9-15(20)19(24)21-12-7-8-17-14(10-12)18(23)13-5-3-4-6-16(13)22-17/h3-8,10-11,15H,9,20H2,1-2H3,(H,21,24)(H,22,23)/t15-/m0/s1. The summed E-state index contributed by atoms with van der Waals surface area (Å²) >= 11 is 0. The van der Waals surface area contributed by atoms with Gasteiger partial charge in [0.25, 0.3) is 0 Å². The minimum Gasteiger partial charge on any atom is -0.354 e. The molecular weight excluding hydrogens is 302 g/mol. The Bertz CT molecular complexity index is 960. The predicted octanol–water partition coefficient (Wildman–Crippen LogP) is 2.99. The first-order chi connectivity index (χ1) is 11.5. The molecule has 0 unspecified atom stereocenters. The highest BCUT2D eigenvalue weighted by Gasteiger charge is 2.15. The van der Waals surface area contributed by atoms with E-state index in [1.807, 2.05) is 32.0 Å². The van der Waals surface area contributed by atoms with E-state index in [4.69, 9.17) is 5.73 Å². The number of hydrogen-bond acceptors (Lipinski definition) is 3. The molecule has 5 nitrogen and oxygen atoms in total. The second-order valence-electron chi connectivity index (χ2n) is 6.49. The Morgan fingerprint density at radius 1 is 1.12 bits per heavy atom. The predicted molar refractivity (Wildman–Crippen MR) is 98.1 cm³/mol. The average molecular weight is 323 g/mol. The van der Waals surface area contributed by atoms with Crippen molar-refractivity contribution in [2.45, 2.75) is 26.3 Å². The molecule has 0 saturated heterocycles. The summed E-state index contributed by atoms with van der Waals surface area (Å²) in [5, 5.41) is 3.97. The van der Waals surface area contributed by atoms with Crippen molar-refractivity contribution in [3.63, 3.8) is 0 Å². The Morgan fingerprint density at radius 2 is 1.83 bits per heavy atom. The van der Waals surface area contributed by atoms with Crippen molar-refractivity contribution in [1.82, 2.24) is 4.98 Å². The van der Waals surface area contributed by atoms with Gasteiger partial charge in [0, 0.05) is 27.5 Å². The molecule has 4 N–H and O–H groups in total. The van der Waals surface area contributed by atoms with Gasteiger partial charge < -0.3 is 16.0 Å². The van der Waals surface area contributed by atoms with Crippen molar-refractivity contribution >= 4 is 33.4 Å². The van der Waals surface area contributed by atoms with E-state index >= 15 is 0 Å². The number of rotatable bonds is 4. The van der Waals surface area contributed by atoms with Gasteiger partial charge in [0.1, 0.15) is 0 Å². The number of para-hydroxylation sites is 1. The highest BCUT2D eigenvalue weighted by molar-refractivity contribution is 5.98. The molecule has 0 aliphatic carbocycles. The molecule has 3 rings (SSSR count). The topological polar surface area (TPSA) is 88.0 Å². The lowest BCUT2D eigenvalue weighted by atomic mass is 10.0. The fourth-order valence-corrected chi connectivity index (χ4v) is 2.85. The van der Waals surface area contributed by atoms with Gasteiger partial charge in [-0.1, -0.05) is 26.0 Å². The molecule has 0 aliphatic heterocycles. The summed E-state index contributed by atoms with van der Waals surface area (Å²) in [7, 11) is 0. The molecule has 124 valence electrons. The Balaban J connectivity index is 1.96. The maximum atomic E-state index is 12.6. The number of hydrogen-bond donors (Lipinski definition) is 3. The van der Waals surface area contributed by atoms with Gasteiger partial charge >= 0.3 is 0 Å². The van der Waals surface area contributed by atoms with Gasteiger partial charge in [-0.2, -0.15) is 0 Å². The lowest BCUT2D eigenvalue weighted by Gasteiger charge is -2.14. The summed E-state index contributed by atoms with van der Waals surface area (Å²) < 4.78 is 0. The van der Waals surface area contributed by atoms with Crippen molar-refractivity contribution in [2.75, 3.05) is 5.32 Å². The van der Waals surface area contributed by atoms with Crippen LogP contribution in [0.4, 0.5) is 5.69 Å². The molecule has 0 radical (unpaired) electrons. The van der Waals surface area contributed by atoms with Crippen LogP contribution in [-0.4, -0.2) is 16.9 Å². The Kier molecular flexibility index (Phi) is 4.36. The molecule has 1 aromatic heterocycles. The van der Waals surface area contributed by atoms with Gasteiger partial charge in [-0.05, 0) is 42.7 Å². The lowest BCUT2D eigenvalue weighted by Crippen LogP contribution is -2.36. The van der Waals surface area contributed by atoms with E-state index in [9.17, 15) is 9.59 Å². The third-order valence-corrected chi connectivity index (χ3v) is 4.03. The van der Waals surface area contributed by atoms with Gasteiger partial charge in [0.15, 0.2) is 5.43 Å². The second kappa shape index (κ2) is 6.45. The maximum Gasteiger partial charge on any atom is 0.241 e. The number of carbonyl (C=O) groups excluding carboxylic acids is 1. The monoisotopic (exact) mass is 323 g/mol. The maximum absolute atomic E-state index is 12.6. The zero-order valence-electron chi connectivity index (χ0n) is 13.8. The molecule has 0 spiro atoms. The zero-order valence-corrected chi connectivity index (χ0v) is 13.8. The van der Waals surface area contributed by atoms with Crippen molar-refractivity contribution in [3.05, 3.63) is 52.7 Å². The van der Waals surface area contributed by atoms with E-state index in [-0.39, 0.29) is 11.3 Å². The summed E-state index contributed by atoms with van der Waals surface area (Å²) in [4.78, 5) is 28.0. The van der Waals surface area contributed by atoms with Crippen LogP contribution in [0.2, 0.25) is 0 Å². The molecule has 0 bridgehead atoms. The van der Waals surface area contributed by atoms with Crippen molar-refractivity contribution in [3.8, 4) is 0 Å². The number of nitrogens with two attached hydrogens (primary N) is 1. The third kappa shape index (κ3) is 3.16. The highest BCUT2D eigenvalue weighted by Crippen LogP contribution is 2.19. The molecule has 0 fully saturated rings. The van der Waals surface area contributed by atoms with E-state index in [1.165, 1.54) is 0 Å². The smallest absolute Gasteiger partial charge is 0.241 e. The van der Waals surface area contributed by atoms with E-state index in [1.54, 1.807) is 24.3 Å². The molecule has 3 aromatic rings. The number of H-pyrrole nitrogens is 1. The number of benzene rings is 2. The van der Waals surface area contributed by atoms with Crippen LogP contribution in [0.1, 0.15) is 20.3 Å². The number of carbonyl (C=O) groups is 1. The summed E-state index contributed by atoms with van der Waals surface area (Å²) in [6.45, 7) is 4.04. The summed E-state index contributed by atoms with van der Waals surface area (Å²) in [6, 6.07) is 12.1. The van der Waals surface area contributed by atoms with Crippen LogP contribution in [0.25, 0.3) is 21.8 Å². The van der Waals surface area contributed by atoms with Gasteiger partial charge in [0.2, 0.25) is 5.91 Å². The van der Waals surface area contributed by atoms with Crippen LogP contribution in [0, 0.1) is 5.92 Å². The Morgan fingerprint density at radius 3 is 2.58 bits per heavy atom. The number of aromatic nitrogens is 1. The van der Waals surface area contributed by atoms with Gasteiger partial charge in [0.05, 0.1) is 6.04 Å². The second-order valence-corrected chi connectivity index (χ2v) is 6.49. The molecule has 1 amide bonds. The fourth-order valence-electron chi connectivity index (χ4n) is 2.85. The molecule has 24 heavy (non-hydrogen) atoms. The molecule has 0 aliphatic rings. The van der Waals surface area contributed by atoms with Crippen LogP contribution < -0.4 is 16.5 Å². The Labute approximate surface area is 139 Å². The van der Waals surface area contributed by atoms with Gasteiger partial charge in [-0.3, -0.25) is 9.59 Å². The number of fused-ring (bicyclic) bond motifs is 2. The zero-order chi connectivity index (χ0) is 17.3. The van der Waals surface area contributed by atoms with Crippen molar-refractivity contribution < 1.29 is 4.79 Å². The summed E-state index contributed by atoms with van der Waals surface area (Å²) in [6.07, 6.45) is 0.616. The van der Waals surface area contributed by atoms with Crippen LogP contribution >= 0.6 is 0 Å². The van der Waals surface area contributed by atoms with Crippen LogP contribution in [0.15, 0.2) is 47.3 Å². The first-order valence-electron chi connectivity index (χ1n) is 8.07. The fraction of sp³-hybridized carbons (Fsp3) is 0.263. The third-order valence-electron chi connectivity index (χ3n) is 4.03. The van der Waals surface area contributed by atoms with Crippen molar-refractivity contribution in [1.29, 1.82) is 0 Å². The normalized spacial score (nSPS) is 12.7. The van der Waals surface area contributed by atoms with E-state index in [0.717, 1.165) is 11.0 Å². The summed E-state index contributed by atoms with van der Waals surface area (Å²) in [5.41, 5.74) is 7.96. The summed E-state index contributed by atoms with van der Waals surface area (Å²) in [5.74, 6) is 0.108. The van der Waals surface area contributed by atoms with E-state index in [0.29, 0.717) is 28.8 Å². The molecular formula is C19H21N3O2. The first kappa shape index (κ1) is 16.2. The molecule has 5 heteroatoms. The highest BCUT2D eigenvalue weighted by atomic mass is 16.2. The van der Waals surface area contributed by atoms with Crippen LogP contribution in [0.3, 0.4) is 0 Å².